The van der Waals surface area contributed by atoms with Crippen LogP contribution in [-0.4, -0.2) is 49.4 Å². The average Bonchev–Trinajstić information content (AvgIpc) is 2.85. The Morgan fingerprint density at radius 2 is 2.05 bits per heavy atom. The summed E-state index contributed by atoms with van der Waals surface area (Å²) in [7, 11) is 3.87. The molecule has 0 N–H and O–H groups in total. The molecule has 0 saturated carbocycles. The van der Waals surface area contributed by atoms with Gasteiger partial charge in [-0.1, -0.05) is 12.1 Å². The summed E-state index contributed by atoms with van der Waals surface area (Å²) >= 11 is 0. The van der Waals surface area contributed by atoms with Crippen molar-refractivity contribution < 1.29 is 9.47 Å². The zero-order chi connectivity index (χ0) is 14.7. The van der Waals surface area contributed by atoms with E-state index < -0.39 is 0 Å². The van der Waals surface area contributed by atoms with Gasteiger partial charge in [-0.3, -0.25) is 4.90 Å². The Morgan fingerprint density at radius 1 is 1.24 bits per heavy atom. The van der Waals surface area contributed by atoms with E-state index in [1.165, 1.54) is 23.0 Å². The minimum Gasteiger partial charge on any atom is -0.495 e. The molecule has 114 valence electrons. The van der Waals surface area contributed by atoms with Crippen LogP contribution in [0.4, 0.5) is 0 Å². The molecule has 1 aromatic carbocycles. The maximum Gasteiger partial charge on any atom is 0.143 e. The zero-order valence-corrected chi connectivity index (χ0v) is 13.0. The van der Waals surface area contributed by atoms with Crippen molar-refractivity contribution in [1.82, 2.24) is 9.47 Å². The van der Waals surface area contributed by atoms with Crippen LogP contribution < -0.4 is 4.74 Å². The van der Waals surface area contributed by atoms with Crippen molar-refractivity contribution in [3.63, 3.8) is 0 Å². The van der Waals surface area contributed by atoms with E-state index in [4.69, 9.17) is 9.47 Å². The molecule has 1 aliphatic heterocycles. The van der Waals surface area contributed by atoms with Gasteiger partial charge in [0, 0.05) is 31.2 Å². The molecule has 0 atom stereocenters. The number of aromatic nitrogens is 1. The van der Waals surface area contributed by atoms with Crippen LogP contribution in [0.15, 0.2) is 24.3 Å². The highest BCUT2D eigenvalue weighted by molar-refractivity contribution is 5.87. The summed E-state index contributed by atoms with van der Waals surface area (Å²) in [5.41, 5.74) is 2.57. The summed E-state index contributed by atoms with van der Waals surface area (Å²) in [5, 5.41) is 1.26. The molecular formula is C17H24N2O2. The molecule has 0 aliphatic carbocycles. The van der Waals surface area contributed by atoms with Gasteiger partial charge >= 0.3 is 0 Å². The molecule has 0 unspecified atom stereocenters. The number of hydrogen-bond acceptors (Lipinski definition) is 3. The highest BCUT2D eigenvalue weighted by Gasteiger charge is 2.12. The van der Waals surface area contributed by atoms with E-state index in [-0.39, 0.29) is 0 Å². The second-order valence-corrected chi connectivity index (χ2v) is 5.65. The lowest BCUT2D eigenvalue weighted by Gasteiger charge is -2.26. The van der Waals surface area contributed by atoms with Crippen LogP contribution >= 0.6 is 0 Å². The SMILES string of the molecule is COc1cccc2cc(CCCN3CCOCC3)n(C)c12. The van der Waals surface area contributed by atoms with Crippen molar-refractivity contribution in [2.45, 2.75) is 12.8 Å². The first-order valence-corrected chi connectivity index (χ1v) is 7.71. The van der Waals surface area contributed by atoms with Crippen molar-refractivity contribution in [1.29, 1.82) is 0 Å². The molecule has 2 heterocycles. The highest BCUT2D eigenvalue weighted by Crippen LogP contribution is 2.28. The lowest BCUT2D eigenvalue weighted by molar-refractivity contribution is 0.0374. The van der Waals surface area contributed by atoms with E-state index in [1.807, 2.05) is 6.07 Å². The van der Waals surface area contributed by atoms with Gasteiger partial charge in [0.15, 0.2) is 0 Å². The number of aryl methyl sites for hydroxylation is 2. The largest absolute Gasteiger partial charge is 0.495 e. The van der Waals surface area contributed by atoms with Crippen LogP contribution in [0.2, 0.25) is 0 Å². The van der Waals surface area contributed by atoms with Gasteiger partial charge < -0.3 is 14.0 Å². The number of methoxy groups -OCH3 is 1. The molecule has 1 aromatic heterocycles. The third-order valence-corrected chi connectivity index (χ3v) is 4.35. The van der Waals surface area contributed by atoms with E-state index in [0.29, 0.717) is 0 Å². The molecule has 0 amide bonds. The van der Waals surface area contributed by atoms with Crippen LogP contribution in [0.3, 0.4) is 0 Å². The molecule has 3 rings (SSSR count). The molecule has 1 aliphatic rings. The Morgan fingerprint density at radius 3 is 2.81 bits per heavy atom. The monoisotopic (exact) mass is 288 g/mol. The quantitative estimate of drug-likeness (QED) is 0.845. The highest BCUT2D eigenvalue weighted by atomic mass is 16.5. The van der Waals surface area contributed by atoms with E-state index in [1.54, 1.807) is 7.11 Å². The van der Waals surface area contributed by atoms with Gasteiger partial charge in [0.05, 0.1) is 25.8 Å². The normalized spacial score (nSPS) is 16.5. The molecule has 1 saturated heterocycles. The minimum absolute atomic E-state index is 0.880. The van der Waals surface area contributed by atoms with Crippen molar-refractivity contribution >= 4 is 10.9 Å². The summed E-state index contributed by atoms with van der Waals surface area (Å²) in [6.45, 7) is 5.06. The topological polar surface area (TPSA) is 26.6 Å². The average molecular weight is 288 g/mol. The zero-order valence-electron chi connectivity index (χ0n) is 13.0. The number of rotatable bonds is 5. The number of benzene rings is 1. The summed E-state index contributed by atoms with van der Waals surface area (Å²) in [5.74, 6) is 0.953. The molecule has 4 nitrogen and oxygen atoms in total. The Hall–Kier alpha value is -1.52. The first-order valence-electron chi connectivity index (χ1n) is 7.71. The molecule has 0 bridgehead atoms. The van der Waals surface area contributed by atoms with Gasteiger partial charge in [-0.2, -0.15) is 0 Å². The Labute approximate surface area is 126 Å². The van der Waals surface area contributed by atoms with Crippen molar-refractivity contribution in [3.05, 3.63) is 30.0 Å². The van der Waals surface area contributed by atoms with E-state index in [0.717, 1.165) is 45.0 Å². The Balaban J connectivity index is 1.68. The van der Waals surface area contributed by atoms with Crippen molar-refractivity contribution in [3.8, 4) is 5.75 Å². The molecule has 0 spiro atoms. The third-order valence-electron chi connectivity index (χ3n) is 4.35. The molecule has 2 aromatic rings. The van der Waals surface area contributed by atoms with Gasteiger partial charge in [-0.05, 0) is 31.5 Å². The third kappa shape index (κ3) is 3.06. The Kier molecular flexibility index (Phi) is 4.46. The van der Waals surface area contributed by atoms with E-state index in [9.17, 15) is 0 Å². The van der Waals surface area contributed by atoms with Crippen LogP contribution in [-0.2, 0) is 18.2 Å². The van der Waals surface area contributed by atoms with Gasteiger partial charge in [0.1, 0.15) is 5.75 Å². The van der Waals surface area contributed by atoms with Gasteiger partial charge in [-0.25, -0.2) is 0 Å². The van der Waals surface area contributed by atoms with Gasteiger partial charge in [-0.15, -0.1) is 0 Å². The second kappa shape index (κ2) is 6.50. The first-order chi connectivity index (χ1) is 10.3. The van der Waals surface area contributed by atoms with Gasteiger partial charge in [0.2, 0.25) is 0 Å². The summed E-state index contributed by atoms with van der Waals surface area (Å²) in [6, 6.07) is 8.53. The number of nitrogens with zero attached hydrogens (tertiary/aromatic N) is 2. The molecular weight excluding hydrogens is 264 g/mol. The van der Waals surface area contributed by atoms with E-state index >= 15 is 0 Å². The maximum absolute atomic E-state index is 5.48. The van der Waals surface area contributed by atoms with Crippen molar-refractivity contribution in [2.24, 2.45) is 7.05 Å². The molecule has 4 heteroatoms. The van der Waals surface area contributed by atoms with Crippen LogP contribution in [0.25, 0.3) is 10.9 Å². The second-order valence-electron chi connectivity index (χ2n) is 5.65. The van der Waals surface area contributed by atoms with Crippen LogP contribution in [0.1, 0.15) is 12.1 Å². The standard InChI is InChI=1S/C17H24N2O2/c1-18-15(6-4-8-19-9-11-21-12-10-19)13-14-5-3-7-16(20-2)17(14)18/h3,5,7,13H,4,6,8-12H2,1-2H3. The number of morpholine rings is 1. The lowest BCUT2D eigenvalue weighted by atomic mass is 10.2. The summed E-state index contributed by atoms with van der Waals surface area (Å²) < 4.78 is 13.1. The maximum atomic E-state index is 5.48. The van der Waals surface area contributed by atoms with Gasteiger partial charge in [0.25, 0.3) is 0 Å². The molecule has 0 radical (unpaired) electrons. The fourth-order valence-electron chi connectivity index (χ4n) is 3.15. The first kappa shape index (κ1) is 14.4. The number of para-hydroxylation sites is 1. The predicted molar refractivity (Wildman–Crippen MR) is 85.1 cm³/mol. The predicted octanol–water partition coefficient (Wildman–Crippen LogP) is 2.45. The number of fused-ring (bicyclic) bond motifs is 1. The van der Waals surface area contributed by atoms with Crippen molar-refractivity contribution in [2.75, 3.05) is 40.0 Å². The summed E-state index contributed by atoms with van der Waals surface area (Å²) in [6.07, 6.45) is 2.29. The Bertz CT molecular complexity index is 600. The number of hydrogen-bond donors (Lipinski definition) is 0. The molecule has 1 fully saturated rings. The lowest BCUT2D eigenvalue weighted by Crippen LogP contribution is -2.37. The molecule has 21 heavy (non-hydrogen) atoms. The number of ether oxygens (including phenoxy) is 2. The smallest absolute Gasteiger partial charge is 0.143 e. The van der Waals surface area contributed by atoms with Crippen LogP contribution in [0.5, 0.6) is 5.75 Å². The fraction of sp³-hybridized carbons (Fsp3) is 0.529. The fourth-order valence-corrected chi connectivity index (χ4v) is 3.15. The van der Waals surface area contributed by atoms with E-state index in [2.05, 4.69) is 34.7 Å². The minimum atomic E-state index is 0.880. The van der Waals surface area contributed by atoms with Crippen LogP contribution in [0, 0.1) is 0 Å². The summed E-state index contributed by atoms with van der Waals surface area (Å²) in [4.78, 5) is 2.49.